The summed E-state index contributed by atoms with van der Waals surface area (Å²) in [6, 6.07) is 14.9. The lowest BCUT2D eigenvalue weighted by atomic mass is 10.2. The van der Waals surface area contributed by atoms with Crippen LogP contribution in [0.2, 0.25) is 0 Å². The lowest BCUT2D eigenvalue weighted by molar-refractivity contribution is 0.386. The number of hydrogen-bond donors (Lipinski definition) is 0. The predicted octanol–water partition coefficient (Wildman–Crippen LogP) is 4.02. The van der Waals surface area contributed by atoms with E-state index in [9.17, 15) is 4.39 Å². The van der Waals surface area contributed by atoms with Gasteiger partial charge in [-0.05, 0) is 36.8 Å². The van der Waals surface area contributed by atoms with Crippen molar-refractivity contribution in [2.75, 3.05) is 7.11 Å². The summed E-state index contributed by atoms with van der Waals surface area (Å²) < 4.78 is 20.7. The van der Waals surface area contributed by atoms with Crippen molar-refractivity contribution >= 4 is 11.8 Å². The van der Waals surface area contributed by atoms with E-state index >= 15 is 0 Å². The molecule has 3 aromatic rings. The van der Waals surface area contributed by atoms with Crippen molar-refractivity contribution in [3.63, 3.8) is 0 Å². The van der Waals surface area contributed by atoms with Gasteiger partial charge in [-0.25, -0.2) is 4.39 Å². The fourth-order valence-electron chi connectivity index (χ4n) is 2.26. The fourth-order valence-corrected chi connectivity index (χ4v) is 3.20. The first kappa shape index (κ1) is 15.6. The Hall–Kier alpha value is -2.34. The molecule has 0 aliphatic heterocycles. The molecule has 2 aromatic carbocycles. The van der Waals surface area contributed by atoms with Crippen LogP contribution < -0.4 is 4.74 Å². The van der Waals surface area contributed by atoms with E-state index in [4.69, 9.17) is 4.74 Å². The Morgan fingerprint density at radius 1 is 1.13 bits per heavy atom. The van der Waals surface area contributed by atoms with Crippen LogP contribution in [0, 0.1) is 12.7 Å². The largest absolute Gasteiger partial charge is 0.494 e. The van der Waals surface area contributed by atoms with Crippen molar-refractivity contribution in [1.29, 1.82) is 0 Å². The predicted molar refractivity (Wildman–Crippen MR) is 88.6 cm³/mol. The molecule has 1 heterocycles. The molecule has 118 valence electrons. The molecule has 0 saturated carbocycles. The van der Waals surface area contributed by atoms with Gasteiger partial charge in [-0.3, -0.25) is 4.57 Å². The second kappa shape index (κ2) is 6.83. The summed E-state index contributed by atoms with van der Waals surface area (Å²) in [4.78, 5) is 0. The van der Waals surface area contributed by atoms with Gasteiger partial charge in [0.15, 0.2) is 16.7 Å². The van der Waals surface area contributed by atoms with E-state index in [-0.39, 0.29) is 11.6 Å². The number of benzene rings is 2. The zero-order chi connectivity index (χ0) is 16.2. The zero-order valence-corrected chi connectivity index (χ0v) is 13.7. The lowest BCUT2D eigenvalue weighted by Crippen LogP contribution is -1.99. The summed E-state index contributed by atoms with van der Waals surface area (Å²) in [6.45, 7) is 1.91. The number of aryl methyl sites for hydroxylation is 1. The highest BCUT2D eigenvalue weighted by molar-refractivity contribution is 7.98. The molecule has 0 radical (unpaired) electrons. The third-order valence-electron chi connectivity index (χ3n) is 3.39. The van der Waals surface area contributed by atoms with Crippen LogP contribution in [0.25, 0.3) is 5.69 Å². The number of para-hydroxylation sites is 1. The molecule has 6 heteroatoms. The number of rotatable bonds is 5. The summed E-state index contributed by atoms with van der Waals surface area (Å²) in [5.41, 5.74) is 1.88. The van der Waals surface area contributed by atoms with E-state index < -0.39 is 0 Å². The second-order valence-corrected chi connectivity index (χ2v) is 5.90. The Labute approximate surface area is 138 Å². The highest BCUT2D eigenvalue weighted by Crippen LogP contribution is 2.26. The number of nitrogens with zero attached hydrogens (tertiary/aromatic N) is 3. The van der Waals surface area contributed by atoms with Crippen molar-refractivity contribution in [3.05, 3.63) is 65.7 Å². The normalized spacial score (nSPS) is 10.7. The topological polar surface area (TPSA) is 39.9 Å². The molecule has 1 aromatic heterocycles. The molecule has 0 bridgehead atoms. The molecule has 3 rings (SSSR count). The van der Waals surface area contributed by atoms with Gasteiger partial charge >= 0.3 is 0 Å². The average Bonchev–Trinajstić information content (AvgIpc) is 2.94. The van der Waals surface area contributed by atoms with Crippen LogP contribution >= 0.6 is 11.8 Å². The Morgan fingerprint density at radius 3 is 2.61 bits per heavy atom. The van der Waals surface area contributed by atoms with E-state index in [1.54, 1.807) is 6.07 Å². The summed E-state index contributed by atoms with van der Waals surface area (Å²) in [7, 11) is 1.46. The molecule has 23 heavy (non-hydrogen) atoms. The highest BCUT2D eigenvalue weighted by Gasteiger charge is 2.12. The zero-order valence-electron chi connectivity index (χ0n) is 12.9. The molecule has 0 saturated heterocycles. The number of aromatic nitrogens is 3. The smallest absolute Gasteiger partial charge is 0.196 e. The van der Waals surface area contributed by atoms with E-state index in [2.05, 4.69) is 10.2 Å². The molecule has 0 spiro atoms. The van der Waals surface area contributed by atoms with Crippen molar-refractivity contribution < 1.29 is 9.13 Å². The molecule has 4 nitrogen and oxygen atoms in total. The molecule has 0 unspecified atom stereocenters. The molecular weight excluding hydrogens is 313 g/mol. The standard InChI is InChI=1S/C17H16FN3OS/c1-12-19-20-17(21(12)14-6-4-3-5-7-14)23-11-13-8-9-16(22-2)15(18)10-13/h3-10H,11H2,1-2H3. The fraction of sp³-hybridized carbons (Fsp3) is 0.176. The van der Waals surface area contributed by atoms with Crippen LogP contribution in [0.1, 0.15) is 11.4 Å². The maximum atomic E-state index is 13.8. The van der Waals surface area contributed by atoms with Gasteiger partial charge in [-0.1, -0.05) is 36.0 Å². The molecule has 0 N–H and O–H groups in total. The first-order chi connectivity index (χ1) is 11.2. The van der Waals surface area contributed by atoms with Crippen LogP contribution in [-0.4, -0.2) is 21.9 Å². The Morgan fingerprint density at radius 2 is 1.91 bits per heavy atom. The van der Waals surface area contributed by atoms with Crippen LogP contribution in [0.5, 0.6) is 5.75 Å². The minimum Gasteiger partial charge on any atom is -0.494 e. The molecule has 0 fully saturated rings. The number of halogens is 1. The Balaban J connectivity index is 1.81. The van der Waals surface area contributed by atoms with Gasteiger partial charge in [0.2, 0.25) is 0 Å². The van der Waals surface area contributed by atoms with Gasteiger partial charge < -0.3 is 4.74 Å². The van der Waals surface area contributed by atoms with Crippen molar-refractivity contribution in [2.45, 2.75) is 17.8 Å². The second-order valence-electron chi connectivity index (χ2n) is 4.96. The number of ether oxygens (including phenoxy) is 1. The average molecular weight is 329 g/mol. The molecule has 0 amide bonds. The summed E-state index contributed by atoms with van der Waals surface area (Å²) in [6.07, 6.45) is 0. The van der Waals surface area contributed by atoms with E-state index in [1.165, 1.54) is 24.9 Å². The van der Waals surface area contributed by atoms with Crippen LogP contribution in [0.4, 0.5) is 4.39 Å². The third-order valence-corrected chi connectivity index (χ3v) is 4.39. The third kappa shape index (κ3) is 3.37. The van der Waals surface area contributed by atoms with Gasteiger partial charge in [0.25, 0.3) is 0 Å². The lowest BCUT2D eigenvalue weighted by Gasteiger charge is -2.08. The maximum Gasteiger partial charge on any atom is 0.196 e. The molecular formula is C17H16FN3OS. The maximum absolute atomic E-state index is 13.8. The quantitative estimate of drug-likeness (QED) is 0.663. The minimum atomic E-state index is -0.355. The first-order valence-electron chi connectivity index (χ1n) is 7.11. The number of hydrogen-bond acceptors (Lipinski definition) is 4. The summed E-state index contributed by atoms with van der Waals surface area (Å²) in [5, 5.41) is 9.15. The van der Waals surface area contributed by atoms with Crippen molar-refractivity contribution in [2.24, 2.45) is 0 Å². The summed E-state index contributed by atoms with van der Waals surface area (Å²) >= 11 is 1.52. The van der Waals surface area contributed by atoms with Gasteiger partial charge in [0.1, 0.15) is 5.82 Å². The van der Waals surface area contributed by atoms with E-state index in [0.717, 1.165) is 22.2 Å². The van der Waals surface area contributed by atoms with Gasteiger partial charge in [0.05, 0.1) is 7.11 Å². The van der Waals surface area contributed by atoms with Crippen molar-refractivity contribution in [1.82, 2.24) is 14.8 Å². The van der Waals surface area contributed by atoms with Crippen LogP contribution in [-0.2, 0) is 5.75 Å². The summed E-state index contributed by atoms with van der Waals surface area (Å²) in [5.74, 6) is 1.32. The van der Waals surface area contributed by atoms with E-state index in [0.29, 0.717) is 5.75 Å². The van der Waals surface area contributed by atoms with Crippen molar-refractivity contribution in [3.8, 4) is 11.4 Å². The van der Waals surface area contributed by atoms with Gasteiger partial charge in [-0.2, -0.15) is 0 Å². The molecule has 0 atom stereocenters. The van der Waals surface area contributed by atoms with E-state index in [1.807, 2.05) is 47.9 Å². The van der Waals surface area contributed by atoms with Gasteiger partial charge in [0, 0.05) is 11.4 Å². The SMILES string of the molecule is COc1ccc(CSc2nnc(C)n2-c2ccccc2)cc1F. The first-order valence-corrected chi connectivity index (χ1v) is 8.10. The number of thioether (sulfide) groups is 1. The number of methoxy groups -OCH3 is 1. The Kier molecular flexibility index (Phi) is 4.62. The minimum absolute atomic E-state index is 0.252. The van der Waals surface area contributed by atoms with Crippen LogP contribution in [0.3, 0.4) is 0 Å². The monoisotopic (exact) mass is 329 g/mol. The Bertz CT molecular complexity index is 805. The molecule has 0 aliphatic carbocycles. The molecule has 0 aliphatic rings. The highest BCUT2D eigenvalue weighted by atomic mass is 32.2. The van der Waals surface area contributed by atoms with Crippen LogP contribution in [0.15, 0.2) is 53.7 Å². The van der Waals surface area contributed by atoms with Gasteiger partial charge in [-0.15, -0.1) is 10.2 Å².